The summed E-state index contributed by atoms with van der Waals surface area (Å²) in [7, 11) is 0. The molecule has 0 aromatic heterocycles. The Bertz CT molecular complexity index is 1430. The number of benzene rings is 2. The highest BCUT2D eigenvalue weighted by Gasteiger charge is 2.28. The number of nitrogens with one attached hydrogen (secondary N) is 5. The summed E-state index contributed by atoms with van der Waals surface area (Å²) in [6, 6.07) is 10.6. The van der Waals surface area contributed by atoms with Crippen molar-refractivity contribution in [2.24, 2.45) is 16.3 Å². The molecular weight excluding hydrogens is 606 g/mol. The number of hydrogen-bond donors (Lipinski definition) is 8. The maximum absolute atomic E-state index is 13.4. The van der Waals surface area contributed by atoms with Gasteiger partial charge in [0.25, 0.3) is 0 Å². The average Bonchev–Trinajstić information content (AvgIpc) is 2.97. The van der Waals surface area contributed by atoms with Crippen molar-refractivity contribution in [1.29, 1.82) is 5.26 Å². The van der Waals surface area contributed by atoms with E-state index in [0.29, 0.717) is 23.4 Å². The van der Waals surface area contributed by atoms with Crippen LogP contribution in [0.25, 0.3) is 0 Å². The highest BCUT2D eigenvalue weighted by atomic mass is 16.4. The molecule has 0 heterocycles. The van der Waals surface area contributed by atoms with Crippen LogP contribution in [0.5, 0.6) is 5.75 Å². The van der Waals surface area contributed by atoms with Crippen molar-refractivity contribution in [3.05, 3.63) is 54.1 Å². The zero-order valence-corrected chi connectivity index (χ0v) is 27.3. The summed E-state index contributed by atoms with van der Waals surface area (Å²) in [6.07, 6.45) is 2.30. The summed E-state index contributed by atoms with van der Waals surface area (Å²) >= 11 is 0. The van der Waals surface area contributed by atoms with Gasteiger partial charge in [-0.2, -0.15) is 5.26 Å². The van der Waals surface area contributed by atoms with Gasteiger partial charge in [0.2, 0.25) is 24.0 Å². The van der Waals surface area contributed by atoms with E-state index in [0.717, 1.165) is 0 Å². The molecule has 254 valence electrons. The molecule has 0 bridgehead atoms. The van der Waals surface area contributed by atoms with Crippen LogP contribution in [-0.2, 0) is 19.2 Å². The Morgan fingerprint density at radius 2 is 1.43 bits per heavy atom. The van der Waals surface area contributed by atoms with E-state index in [2.05, 4.69) is 31.6 Å². The Balaban J connectivity index is 2.05. The first kappa shape index (κ1) is 38.0. The second-order valence-electron chi connectivity index (χ2n) is 12.7. The minimum absolute atomic E-state index is 0.0182. The number of carbonyl (C=O) groups is 4. The van der Waals surface area contributed by atoms with Crippen LogP contribution >= 0.6 is 0 Å². The van der Waals surface area contributed by atoms with Gasteiger partial charge in [-0.25, -0.2) is 9.59 Å². The summed E-state index contributed by atoms with van der Waals surface area (Å²) in [5.74, 6) is -3.64. The van der Waals surface area contributed by atoms with Crippen LogP contribution in [0.15, 0.2) is 53.5 Å². The third-order valence-electron chi connectivity index (χ3n) is 6.79. The number of amides is 2. The van der Waals surface area contributed by atoms with Gasteiger partial charge in [0.15, 0.2) is 0 Å². The number of aromatic hydroxyl groups is 1. The van der Waals surface area contributed by atoms with Gasteiger partial charge in [0.05, 0.1) is 5.92 Å². The van der Waals surface area contributed by atoms with Crippen molar-refractivity contribution in [2.45, 2.75) is 71.9 Å². The first-order valence-electron chi connectivity index (χ1n) is 15.2. The number of anilines is 2. The van der Waals surface area contributed by atoms with Gasteiger partial charge < -0.3 is 41.9 Å². The summed E-state index contributed by atoms with van der Waals surface area (Å²) in [5, 5.41) is 51.8. The maximum atomic E-state index is 13.4. The summed E-state index contributed by atoms with van der Waals surface area (Å²) in [5.41, 5.74) is 1.50. The van der Waals surface area contributed by atoms with Crippen LogP contribution in [0.1, 0.15) is 65.4 Å². The van der Waals surface area contributed by atoms with E-state index in [1.165, 1.54) is 12.1 Å². The topological polar surface area (TPSA) is 225 Å². The molecule has 14 heteroatoms. The molecule has 2 aromatic carbocycles. The van der Waals surface area contributed by atoms with Crippen LogP contribution in [0.2, 0.25) is 0 Å². The molecule has 14 nitrogen and oxygen atoms in total. The number of carboxylic acid groups (broad SMARTS) is 2. The predicted octanol–water partition coefficient (Wildman–Crippen LogP) is 3.44. The summed E-state index contributed by atoms with van der Waals surface area (Å²) in [4.78, 5) is 53.0. The number of nitriles is 1. The van der Waals surface area contributed by atoms with Crippen LogP contribution in [0.4, 0.5) is 11.4 Å². The standard InChI is InChI=1S/C33H45N7O7/c1-20(2)16-25(21-6-8-22(9-7-21)37-32(36-19-34)38-23-10-12-24(41)13-11-23)29(43)40-26(30(44)45)14-15-35-18-27(31(46)47)39-28(42)17-33(3,4)5/h6-13,20,25-27,35,41H,14-18H2,1-5H3,(H,39,42)(H,40,43)(H,44,45)(H,46,47)(H2,36,37,38). The quantitative estimate of drug-likeness (QED) is 0.0431. The molecule has 0 aliphatic carbocycles. The first-order valence-corrected chi connectivity index (χ1v) is 15.2. The van der Waals surface area contributed by atoms with E-state index in [-0.39, 0.29) is 49.0 Å². The van der Waals surface area contributed by atoms with Crippen molar-refractivity contribution in [1.82, 2.24) is 16.0 Å². The van der Waals surface area contributed by atoms with Gasteiger partial charge in [-0.3, -0.25) is 9.59 Å². The van der Waals surface area contributed by atoms with E-state index in [9.17, 15) is 34.5 Å². The Hall–Kier alpha value is -5.16. The number of aliphatic carboxylic acids is 2. The van der Waals surface area contributed by atoms with Gasteiger partial charge in [-0.05, 0) is 72.7 Å². The molecule has 2 aromatic rings. The van der Waals surface area contributed by atoms with Crippen molar-refractivity contribution in [3.63, 3.8) is 0 Å². The molecule has 2 rings (SSSR count). The number of aliphatic imine (C=N–C) groups is 1. The Morgan fingerprint density at radius 1 is 0.872 bits per heavy atom. The Kier molecular flexibility index (Phi) is 14.6. The van der Waals surface area contributed by atoms with Gasteiger partial charge in [0, 0.05) is 24.3 Å². The minimum atomic E-state index is -1.24. The zero-order chi connectivity index (χ0) is 35.1. The second kappa shape index (κ2) is 18.1. The molecule has 0 fully saturated rings. The molecule has 0 aliphatic heterocycles. The molecule has 3 atom stereocenters. The maximum Gasteiger partial charge on any atom is 0.327 e. The zero-order valence-electron chi connectivity index (χ0n) is 27.3. The highest BCUT2D eigenvalue weighted by molar-refractivity contribution is 6.04. The fourth-order valence-electron chi connectivity index (χ4n) is 4.57. The molecule has 0 radical (unpaired) electrons. The molecule has 47 heavy (non-hydrogen) atoms. The van der Waals surface area contributed by atoms with Crippen molar-refractivity contribution in [3.8, 4) is 11.9 Å². The van der Waals surface area contributed by atoms with Gasteiger partial charge in [-0.1, -0.05) is 46.8 Å². The monoisotopic (exact) mass is 651 g/mol. The van der Waals surface area contributed by atoms with Gasteiger partial charge in [0.1, 0.15) is 17.8 Å². The fourth-order valence-corrected chi connectivity index (χ4v) is 4.57. The number of hydrogen-bond acceptors (Lipinski definition) is 8. The third kappa shape index (κ3) is 14.2. The summed E-state index contributed by atoms with van der Waals surface area (Å²) < 4.78 is 0. The minimum Gasteiger partial charge on any atom is -0.508 e. The normalized spacial score (nSPS) is 13.5. The molecular formula is C33H45N7O7. The number of phenols is 1. The molecule has 0 saturated heterocycles. The lowest BCUT2D eigenvalue weighted by Gasteiger charge is -2.23. The van der Waals surface area contributed by atoms with Gasteiger partial charge in [-0.15, -0.1) is 4.99 Å². The predicted molar refractivity (Wildman–Crippen MR) is 178 cm³/mol. The molecule has 3 unspecified atom stereocenters. The van der Waals surface area contributed by atoms with E-state index in [1.54, 1.807) is 42.6 Å². The highest BCUT2D eigenvalue weighted by Crippen LogP contribution is 2.26. The number of rotatable bonds is 16. The van der Waals surface area contributed by atoms with E-state index >= 15 is 0 Å². The fraction of sp³-hybridized carbons (Fsp3) is 0.455. The van der Waals surface area contributed by atoms with Crippen LogP contribution < -0.4 is 26.6 Å². The molecule has 2 amide bonds. The largest absolute Gasteiger partial charge is 0.508 e. The molecule has 0 saturated carbocycles. The number of carbonyl (C=O) groups excluding carboxylic acids is 2. The number of carboxylic acids is 2. The van der Waals surface area contributed by atoms with Crippen LogP contribution in [0.3, 0.4) is 0 Å². The summed E-state index contributed by atoms with van der Waals surface area (Å²) in [6.45, 7) is 9.46. The van der Waals surface area contributed by atoms with E-state index in [4.69, 9.17) is 5.26 Å². The SMILES string of the molecule is CC(C)CC(C(=O)NC(CCNCC(NC(=O)CC(C)(C)C)C(=O)O)C(=O)O)c1ccc(NC(=NC#N)Nc2ccc(O)cc2)cc1. The lowest BCUT2D eigenvalue weighted by Crippen LogP contribution is -2.49. The lowest BCUT2D eigenvalue weighted by molar-refractivity contribution is -0.142. The first-order chi connectivity index (χ1) is 22.1. The Morgan fingerprint density at radius 3 is 1.91 bits per heavy atom. The molecule has 0 spiro atoms. The molecule has 0 aliphatic rings. The lowest BCUT2D eigenvalue weighted by atomic mass is 9.89. The van der Waals surface area contributed by atoms with Crippen LogP contribution in [0, 0.1) is 22.8 Å². The van der Waals surface area contributed by atoms with E-state index in [1.807, 2.05) is 34.6 Å². The smallest absolute Gasteiger partial charge is 0.327 e. The number of nitrogens with zero attached hydrogens (tertiary/aromatic N) is 2. The van der Waals surface area contributed by atoms with Crippen molar-refractivity contribution < 1.29 is 34.5 Å². The molecule has 8 N–H and O–H groups in total. The van der Waals surface area contributed by atoms with Crippen molar-refractivity contribution >= 4 is 41.1 Å². The average molecular weight is 652 g/mol. The van der Waals surface area contributed by atoms with Crippen LogP contribution in [-0.4, -0.2) is 70.2 Å². The second-order valence-corrected chi connectivity index (χ2v) is 12.7. The Labute approximate surface area is 274 Å². The van der Waals surface area contributed by atoms with Gasteiger partial charge >= 0.3 is 11.9 Å². The third-order valence-corrected chi connectivity index (χ3v) is 6.79. The van der Waals surface area contributed by atoms with Crippen molar-refractivity contribution in [2.75, 3.05) is 23.7 Å². The van der Waals surface area contributed by atoms with E-state index < -0.39 is 41.8 Å². The number of phenolic OH excluding ortho intramolecular Hbond substituents is 1. The number of guanidine groups is 1.